The fourth-order valence-corrected chi connectivity index (χ4v) is 1.71. The van der Waals surface area contributed by atoms with Gasteiger partial charge >= 0.3 is 0 Å². The lowest BCUT2D eigenvalue weighted by molar-refractivity contribution is -0.383. The molecule has 0 amide bonds. The van der Waals surface area contributed by atoms with E-state index in [4.69, 9.17) is 15.7 Å². The number of nitrogens with two attached hydrogens (primary N) is 1. The lowest BCUT2D eigenvalue weighted by Crippen LogP contribution is -2.31. The molecule has 20 heavy (non-hydrogen) atoms. The largest absolute Gasteiger partial charge is 0.482 e. The Morgan fingerprint density at radius 1 is 1.55 bits per heavy atom. The van der Waals surface area contributed by atoms with E-state index in [9.17, 15) is 10.1 Å². The van der Waals surface area contributed by atoms with Gasteiger partial charge in [0, 0.05) is 17.6 Å². The molecule has 0 bridgehead atoms. The first-order chi connectivity index (χ1) is 9.54. The van der Waals surface area contributed by atoms with Crippen molar-refractivity contribution < 1.29 is 14.9 Å². The number of pyridine rings is 1. The number of benzene rings is 1. The van der Waals surface area contributed by atoms with Gasteiger partial charge in [0.15, 0.2) is 17.5 Å². The average molecular weight is 276 g/mol. The Morgan fingerprint density at radius 2 is 2.30 bits per heavy atom. The fraction of sp³-hybridized carbons (Fsp3) is 0.167. The summed E-state index contributed by atoms with van der Waals surface area (Å²) in [6.45, 7) is 1.60. The van der Waals surface area contributed by atoms with Crippen LogP contribution in [0.1, 0.15) is 6.92 Å². The summed E-state index contributed by atoms with van der Waals surface area (Å²) in [5, 5.41) is 22.9. The molecular formula is C12H12N4O4. The van der Waals surface area contributed by atoms with E-state index in [1.165, 1.54) is 18.3 Å². The van der Waals surface area contributed by atoms with Crippen LogP contribution in [0.5, 0.6) is 5.75 Å². The van der Waals surface area contributed by atoms with Crippen LogP contribution < -0.4 is 10.5 Å². The van der Waals surface area contributed by atoms with Gasteiger partial charge in [0.05, 0.1) is 4.92 Å². The van der Waals surface area contributed by atoms with E-state index in [0.29, 0.717) is 11.1 Å². The molecule has 1 aromatic carbocycles. The van der Waals surface area contributed by atoms with Crippen LogP contribution in [0.3, 0.4) is 0 Å². The van der Waals surface area contributed by atoms with Crippen LogP contribution in [0, 0.1) is 10.1 Å². The van der Waals surface area contributed by atoms with E-state index in [-0.39, 0.29) is 17.0 Å². The maximum absolute atomic E-state index is 11.0. The quantitative estimate of drug-likeness (QED) is 0.288. The number of nitro groups is 1. The monoisotopic (exact) mass is 276 g/mol. The second kappa shape index (κ2) is 5.39. The number of nitro benzene ring substituents is 1. The molecule has 1 unspecified atom stereocenters. The van der Waals surface area contributed by atoms with Gasteiger partial charge in [-0.15, -0.1) is 0 Å². The smallest absolute Gasteiger partial charge is 0.295 e. The van der Waals surface area contributed by atoms with Crippen molar-refractivity contribution in [2.45, 2.75) is 13.0 Å². The molecule has 3 N–H and O–H groups in total. The number of non-ortho nitro benzene ring substituents is 1. The predicted octanol–water partition coefficient (Wildman–Crippen LogP) is 1.66. The number of nitrogens with zero attached hydrogens (tertiary/aromatic N) is 3. The minimum atomic E-state index is -0.676. The van der Waals surface area contributed by atoms with E-state index >= 15 is 0 Å². The number of oxime groups is 1. The van der Waals surface area contributed by atoms with Gasteiger partial charge in [-0.1, -0.05) is 5.16 Å². The Labute approximate surface area is 113 Å². The molecule has 0 fully saturated rings. The summed E-state index contributed by atoms with van der Waals surface area (Å²) in [4.78, 5) is 14.5. The zero-order valence-electron chi connectivity index (χ0n) is 10.6. The van der Waals surface area contributed by atoms with Gasteiger partial charge in [-0.3, -0.25) is 10.1 Å². The van der Waals surface area contributed by atoms with Crippen LogP contribution in [0.15, 0.2) is 35.6 Å². The molecule has 2 aromatic rings. The van der Waals surface area contributed by atoms with Crippen molar-refractivity contribution >= 4 is 22.4 Å². The summed E-state index contributed by atoms with van der Waals surface area (Å²) in [7, 11) is 0. The molecule has 104 valence electrons. The Balaban J connectivity index is 2.51. The Kier molecular flexibility index (Phi) is 3.65. The molecule has 0 saturated heterocycles. The summed E-state index contributed by atoms with van der Waals surface area (Å²) < 4.78 is 5.54. The second-order valence-electron chi connectivity index (χ2n) is 4.02. The van der Waals surface area contributed by atoms with E-state index in [2.05, 4.69) is 10.1 Å². The zero-order valence-corrected chi connectivity index (χ0v) is 10.6. The fourth-order valence-electron chi connectivity index (χ4n) is 1.71. The number of ether oxygens (including phenoxy) is 1. The van der Waals surface area contributed by atoms with Crippen LogP contribution in [-0.4, -0.2) is 27.1 Å². The molecule has 2 rings (SSSR count). The summed E-state index contributed by atoms with van der Waals surface area (Å²) in [6, 6.07) is 6.07. The molecule has 8 nitrogen and oxygen atoms in total. The number of hydrogen-bond acceptors (Lipinski definition) is 6. The van der Waals surface area contributed by atoms with Crippen molar-refractivity contribution in [1.29, 1.82) is 0 Å². The number of aromatic nitrogens is 1. The zero-order chi connectivity index (χ0) is 14.7. The number of amidine groups is 1. The number of rotatable bonds is 4. The standard InChI is InChI=1S/C12H12N4O4/c1-7(12(13)15-17)20-10-5-4-9(16(18)19)11-8(10)3-2-6-14-11/h2-7,17H,1H3,(H2,13,15). The SMILES string of the molecule is CC(Oc1ccc([N+](=O)[O-])c2ncccc12)/C(N)=N/O. The Hall–Kier alpha value is -2.90. The van der Waals surface area contributed by atoms with Crippen molar-refractivity contribution in [1.82, 2.24) is 4.98 Å². The minimum absolute atomic E-state index is 0.0969. The molecule has 1 atom stereocenters. The highest BCUT2D eigenvalue weighted by atomic mass is 16.6. The summed E-state index contributed by atoms with van der Waals surface area (Å²) in [5.74, 6) is 0.276. The Bertz CT molecular complexity index is 686. The molecule has 0 aliphatic rings. The van der Waals surface area contributed by atoms with Crippen LogP contribution in [0.2, 0.25) is 0 Å². The molecule has 0 aliphatic carbocycles. The van der Waals surface area contributed by atoms with E-state index < -0.39 is 11.0 Å². The molecule has 0 radical (unpaired) electrons. The first-order valence-electron chi connectivity index (χ1n) is 5.70. The van der Waals surface area contributed by atoms with Gasteiger partial charge < -0.3 is 15.7 Å². The highest BCUT2D eigenvalue weighted by Crippen LogP contribution is 2.31. The van der Waals surface area contributed by atoms with Crippen molar-refractivity contribution in [3.8, 4) is 5.75 Å². The Morgan fingerprint density at radius 3 is 2.95 bits per heavy atom. The topological polar surface area (TPSA) is 124 Å². The third-order valence-electron chi connectivity index (χ3n) is 2.74. The van der Waals surface area contributed by atoms with Gasteiger partial charge in [-0.25, -0.2) is 4.98 Å². The number of hydrogen-bond donors (Lipinski definition) is 2. The van der Waals surface area contributed by atoms with Gasteiger partial charge in [-0.05, 0) is 25.1 Å². The van der Waals surface area contributed by atoms with Crippen LogP contribution >= 0.6 is 0 Å². The number of fused-ring (bicyclic) bond motifs is 1. The summed E-state index contributed by atoms with van der Waals surface area (Å²) >= 11 is 0. The molecule has 8 heteroatoms. The van der Waals surface area contributed by atoms with Crippen LogP contribution in [-0.2, 0) is 0 Å². The van der Waals surface area contributed by atoms with E-state index in [1.807, 2.05) is 0 Å². The first kappa shape index (κ1) is 13.5. The minimum Gasteiger partial charge on any atom is -0.482 e. The van der Waals surface area contributed by atoms with Crippen molar-refractivity contribution in [3.63, 3.8) is 0 Å². The second-order valence-corrected chi connectivity index (χ2v) is 4.02. The highest BCUT2D eigenvalue weighted by molar-refractivity contribution is 5.92. The van der Waals surface area contributed by atoms with E-state index in [0.717, 1.165) is 0 Å². The van der Waals surface area contributed by atoms with Crippen molar-refractivity contribution in [2.75, 3.05) is 0 Å². The van der Waals surface area contributed by atoms with E-state index in [1.54, 1.807) is 19.1 Å². The third-order valence-corrected chi connectivity index (χ3v) is 2.74. The van der Waals surface area contributed by atoms with Crippen LogP contribution in [0.4, 0.5) is 5.69 Å². The van der Waals surface area contributed by atoms with Gasteiger partial charge in [0.25, 0.3) is 5.69 Å². The van der Waals surface area contributed by atoms with Crippen molar-refractivity contribution in [2.24, 2.45) is 10.9 Å². The lowest BCUT2D eigenvalue weighted by atomic mass is 10.1. The predicted molar refractivity (Wildman–Crippen MR) is 71.9 cm³/mol. The third kappa shape index (κ3) is 2.44. The van der Waals surface area contributed by atoms with Crippen LogP contribution in [0.25, 0.3) is 10.9 Å². The first-order valence-corrected chi connectivity index (χ1v) is 5.70. The molecular weight excluding hydrogens is 264 g/mol. The molecule has 0 spiro atoms. The van der Waals surface area contributed by atoms with Crippen molar-refractivity contribution in [3.05, 3.63) is 40.6 Å². The maximum atomic E-state index is 11.0. The normalized spacial score (nSPS) is 13.2. The average Bonchev–Trinajstić information content (AvgIpc) is 2.46. The molecule has 0 saturated carbocycles. The molecule has 0 aliphatic heterocycles. The van der Waals surface area contributed by atoms with Gasteiger partial charge in [0.1, 0.15) is 5.75 Å². The lowest BCUT2D eigenvalue weighted by Gasteiger charge is -2.14. The summed E-state index contributed by atoms with van der Waals surface area (Å²) in [6.07, 6.45) is 0.788. The maximum Gasteiger partial charge on any atom is 0.295 e. The van der Waals surface area contributed by atoms with Gasteiger partial charge in [0.2, 0.25) is 0 Å². The molecule has 1 heterocycles. The molecule has 1 aromatic heterocycles. The highest BCUT2D eigenvalue weighted by Gasteiger charge is 2.18. The van der Waals surface area contributed by atoms with Gasteiger partial charge in [-0.2, -0.15) is 0 Å². The summed E-state index contributed by atoms with van der Waals surface area (Å²) in [5.41, 5.74) is 5.55.